The molecule has 0 aliphatic heterocycles. The number of rotatable bonds is 3. The average molecular weight is 230 g/mol. The van der Waals surface area contributed by atoms with Gasteiger partial charge in [-0.2, -0.15) is 0 Å². The largest absolute Gasteiger partial charge is 0.318 e. The monoisotopic (exact) mass is 230 g/mol. The summed E-state index contributed by atoms with van der Waals surface area (Å²) in [5, 5.41) is 11.3. The zero-order chi connectivity index (χ0) is 12.3. The summed E-state index contributed by atoms with van der Waals surface area (Å²) in [6, 6.07) is 8.80. The molecule has 0 saturated carbocycles. The Kier molecular flexibility index (Phi) is 3.06. The maximum Gasteiger partial charge on any atom is 0.262 e. The molecular weight excluding hydrogens is 216 g/mol. The smallest absolute Gasteiger partial charge is 0.262 e. The molecule has 0 saturated heterocycles. The second kappa shape index (κ2) is 4.51. The summed E-state index contributed by atoms with van der Waals surface area (Å²) in [5.74, 6) is 0. The first-order chi connectivity index (χ1) is 8.15. The molecular formula is C13H14N2O2. The Balaban J connectivity index is 2.33. The third-order valence-corrected chi connectivity index (χ3v) is 3.06. The van der Waals surface area contributed by atoms with E-state index in [1.165, 1.54) is 0 Å². The third kappa shape index (κ3) is 2.12. The predicted molar refractivity (Wildman–Crippen MR) is 66.1 cm³/mol. The minimum absolute atomic E-state index is 0.287. The second-order valence-electron chi connectivity index (χ2n) is 4.18. The molecule has 0 aromatic heterocycles. The highest BCUT2D eigenvalue weighted by Gasteiger charge is 2.46. The number of allylic oxidation sites excluding steroid dienone is 2. The van der Waals surface area contributed by atoms with Crippen molar-refractivity contribution >= 4 is 0 Å². The van der Waals surface area contributed by atoms with Gasteiger partial charge in [0.05, 0.1) is 6.04 Å². The third-order valence-electron chi connectivity index (χ3n) is 3.06. The van der Waals surface area contributed by atoms with Gasteiger partial charge in [0.2, 0.25) is 0 Å². The summed E-state index contributed by atoms with van der Waals surface area (Å²) < 4.78 is 0. The molecule has 1 aromatic carbocycles. The zero-order valence-corrected chi connectivity index (χ0v) is 9.32. The van der Waals surface area contributed by atoms with E-state index in [2.05, 4.69) is 0 Å². The first-order valence-corrected chi connectivity index (χ1v) is 5.45. The summed E-state index contributed by atoms with van der Waals surface area (Å²) in [4.78, 5) is 11.0. The van der Waals surface area contributed by atoms with Gasteiger partial charge in [0.15, 0.2) is 0 Å². The molecule has 4 nitrogen and oxygen atoms in total. The first kappa shape index (κ1) is 11.5. The fraction of sp³-hybridized carbons (Fsp3) is 0.231. The van der Waals surface area contributed by atoms with E-state index in [0.29, 0.717) is 6.42 Å². The Morgan fingerprint density at radius 3 is 2.59 bits per heavy atom. The van der Waals surface area contributed by atoms with E-state index < -0.39 is 11.6 Å². The van der Waals surface area contributed by atoms with E-state index in [-0.39, 0.29) is 4.92 Å². The van der Waals surface area contributed by atoms with Crippen LogP contribution in [0.4, 0.5) is 0 Å². The van der Waals surface area contributed by atoms with Gasteiger partial charge in [-0.1, -0.05) is 48.6 Å². The van der Waals surface area contributed by atoms with E-state index in [1.807, 2.05) is 30.3 Å². The van der Waals surface area contributed by atoms with Crippen LogP contribution < -0.4 is 5.73 Å². The quantitative estimate of drug-likeness (QED) is 0.634. The van der Waals surface area contributed by atoms with E-state index in [0.717, 1.165) is 5.56 Å². The molecule has 0 spiro atoms. The Bertz CT molecular complexity index is 468. The zero-order valence-electron chi connectivity index (χ0n) is 9.32. The van der Waals surface area contributed by atoms with E-state index in [4.69, 9.17) is 5.73 Å². The summed E-state index contributed by atoms with van der Waals surface area (Å²) >= 11 is 0. The summed E-state index contributed by atoms with van der Waals surface area (Å²) in [6.07, 6.45) is 7.01. The number of hydrogen-bond donors (Lipinski definition) is 1. The fourth-order valence-electron chi connectivity index (χ4n) is 2.03. The van der Waals surface area contributed by atoms with Gasteiger partial charge in [0.25, 0.3) is 5.54 Å². The lowest BCUT2D eigenvalue weighted by Crippen LogP contribution is -2.53. The normalized spacial score (nSPS) is 27.0. The second-order valence-corrected chi connectivity index (χ2v) is 4.18. The van der Waals surface area contributed by atoms with Crippen molar-refractivity contribution in [1.82, 2.24) is 0 Å². The van der Waals surface area contributed by atoms with Gasteiger partial charge in [0, 0.05) is 11.3 Å². The van der Waals surface area contributed by atoms with Crippen LogP contribution >= 0.6 is 0 Å². The predicted octanol–water partition coefficient (Wildman–Crippen LogP) is 1.70. The van der Waals surface area contributed by atoms with Crippen molar-refractivity contribution < 1.29 is 4.92 Å². The lowest BCUT2D eigenvalue weighted by atomic mass is 9.82. The van der Waals surface area contributed by atoms with Gasteiger partial charge < -0.3 is 5.73 Å². The standard InChI is InChI=1S/C13H14N2O2/c14-12-8-4-5-9-13(12,15(16)17)10-11-6-2-1-3-7-11/h1-9,12H,10,14H2. The Morgan fingerprint density at radius 1 is 1.29 bits per heavy atom. The first-order valence-electron chi connectivity index (χ1n) is 5.45. The number of hydrogen-bond acceptors (Lipinski definition) is 3. The maximum atomic E-state index is 11.3. The summed E-state index contributed by atoms with van der Waals surface area (Å²) in [6.45, 7) is 0. The van der Waals surface area contributed by atoms with Crippen LogP contribution in [-0.2, 0) is 6.42 Å². The SMILES string of the molecule is NC1C=CC=CC1(Cc1ccccc1)[N+](=O)[O-]. The molecule has 0 radical (unpaired) electrons. The highest BCUT2D eigenvalue weighted by atomic mass is 16.6. The van der Waals surface area contributed by atoms with Crippen molar-refractivity contribution in [1.29, 1.82) is 0 Å². The van der Waals surface area contributed by atoms with Crippen LogP contribution in [0.2, 0.25) is 0 Å². The van der Waals surface area contributed by atoms with Crippen molar-refractivity contribution in [2.24, 2.45) is 5.73 Å². The highest BCUT2D eigenvalue weighted by molar-refractivity contribution is 5.29. The molecule has 1 aromatic rings. The topological polar surface area (TPSA) is 69.2 Å². The van der Waals surface area contributed by atoms with Gasteiger partial charge in [-0.15, -0.1) is 0 Å². The highest BCUT2D eigenvalue weighted by Crippen LogP contribution is 2.25. The van der Waals surface area contributed by atoms with Crippen molar-refractivity contribution in [3.8, 4) is 0 Å². The van der Waals surface area contributed by atoms with Gasteiger partial charge in [-0.25, -0.2) is 0 Å². The molecule has 4 heteroatoms. The van der Waals surface area contributed by atoms with Crippen LogP contribution in [0.3, 0.4) is 0 Å². The van der Waals surface area contributed by atoms with E-state index in [1.54, 1.807) is 24.3 Å². The van der Waals surface area contributed by atoms with Crippen LogP contribution in [0.1, 0.15) is 5.56 Å². The fourth-order valence-corrected chi connectivity index (χ4v) is 2.03. The number of nitrogens with two attached hydrogens (primary N) is 1. The van der Waals surface area contributed by atoms with Crippen LogP contribution in [0.5, 0.6) is 0 Å². The van der Waals surface area contributed by atoms with Crippen molar-refractivity contribution in [3.05, 3.63) is 70.3 Å². The van der Waals surface area contributed by atoms with Crippen LogP contribution in [0.15, 0.2) is 54.6 Å². The molecule has 2 unspecified atom stereocenters. The van der Waals surface area contributed by atoms with Crippen molar-refractivity contribution in [3.63, 3.8) is 0 Å². The molecule has 1 aliphatic carbocycles. The van der Waals surface area contributed by atoms with Gasteiger partial charge in [-0.05, 0) is 11.6 Å². The van der Waals surface area contributed by atoms with Crippen molar-refractivity contribution in [2.45, 2.75) is 18.0 Å². The van der Waals surface area contributed by atoms with Gasteiger partial charge in [0.1, 0.15) is 0 Å². The molecule has 2 atom stereocenters. The summed E-state index contributed by atoms with van der Waals surface area (Å²) in [7, 11) is 0. The van der Waals surface area contributed by atoms with Crippen LogP contribution in [0, 0.1) is 10.1 Å². The minimum Gasteiger partial charge on any atom is -0.318 e. The van der Waals surface area contributed by atoms with Gasteiger partial charge in [-0.3, -0.25) is 10.1 Å². The molecule has 0 heterocycles. The molecule has 17 heavy (non-hydrogen) atoms. The Labute approximate surface area is 99.6 Å². The van der Waals surface area contributed by atoms with Crippen LogP contribution in [0.25, 0.3) is 0 Å². The molecule has 0 amide bonds. The maximum absolute atomic E-state index is 11.3. The van der Waals surface area contributed by atoms with Gasteiger partial charge >= 0.3 is 0 Å². The average Bonchev–Trinajstić information content (AvgIpc) is 2.33. The van der Waals surface area contributed by atoms with E-state index in [9.17, 15) is 10.1 Å². The summed E-state index contributed by atoms with van der Waals surface area (Å²) in [5.41, 5.74) is 5.57. The molecule has 2 N–H and O–H groups in total. The molecule has 2 rings (SSSR count). The number of nitrogens with zero attached hydrogens (tertiary/aromatic N) is 1. The number of nitro groups is 1. The van der Waals surface area contributed by atoms with Crippen LogP contribution in [-0.4, -0.2) is 16.5 Å². The molecule has 1 aliphatic rings. The lowest BCUT2D eigenvalue weighted by molar-refractivity contribution is -0.556. The van der Waals surface area contributed by atoms with E-state index >= 15 is 0 Å². The van der Waals surface area contributed by atoms with Crippen molar-refractivity contribution in [2.75, 3.05) is 0 Å². The Hall–Kier alpha value is -1.94. The lowest BCUT2D eigenvalue weighted by Gasteiger charge is -2.28. The Morgan fingerprint density at radius 2 is 2.00 bits per heavy atom. The molecule has 88 valence electrons. The molecule has 0 bridgehead atoms. The number of benzene rings is 1. The molecule has 0 fully saturated rings. The minimum atomic E-state index is -1.23.